The summed E-state index contributed by atoms with van der Waals surface area (Å²) in [5, 5.41) is 3.02. The van der Waals surface area contributed by atoms with Gasteiger partial charge in [-0.15, -0.1) is 0 Å². The third-order valence-electron chi connectivity index (χ3n) is 3.98. The first-order valence-corrected chi connectivity index (χ1v) is 7.60. The monoisotopic (exact) mass is 324 g/mol. The van der Waals surface area contributed by atoms with Crippen LogP contribution in [0, 0.1) is 5.92 Å². The third-order valence-corrected chi connectivity index (χ3v) is 4.76. The van der Waals surface area contributed by atoms with E-state index in [-0.39, 0.29) is 17.4 Å². The second-order valence-corrected chi connectivity index (χ2v) is 6.47. The second-order valence-electron chi connectivity index (χ2n) is 5.61. The number of nitrogens with two attached hydrogens (primary N) is 1. The highest BCUT2D eigenvalue weighted by molar-refractivity contribution is 9.10. The molecule has 104 valence electrons. The first-order valence-electron chi connectivity index (χ1n) is 6.81. The molecule has 1 amide bonds. The number of nitrogens with one attached hydrogen (secondary N) is 1. The molecule has 1 aliphatic carbocycles. The lowest BCUT2D eigenvalue weighted by Gasteiger charge is -2.37. The predicted octanol–water partition coefficient (Wildman–Crippen LogP) is 2.97. The molecule has 1 saturated carbocycles. The van der Waals surface area contributed by atoms with E-state index in [1.54, 1.807) is 0 Å². The van der Waals surface area contributed by atoms with Crippen molar-refractivity contribution >= 4 is 21.8 Å². The summed E-state index contributed by atoms with van der Waals surface area (Å²) < 4.78 is 1.02. The Morgan fingerprint density at radius 2 is 2.21 bits per heavy atom. The largest absolute Gasteiger partial charge is 0.352 e. The average molecular weight is 325 g/mol. The van der Waals surface area contributed by atoms with Gasteiger partial charge in [-0.25, -0.2) is 0 Å². The third kappa shape index (κ3) is 3.57. The van der Waals surface area contributed by atoms with E-state index < -0.39 is 0 Å². The van der Waals surface area contributed by atoms with Gasteiger partial charge in [0.25, 0.3) is 0 Å². The zero-order valence-electron chi connectivity index (χ0n) is 11.3. The predicted molar refractivity (Wildman–Crippen MR) is 80.5 cm³/mol. The molecule has 0 spiro atoms. The number of amides is 1. The maximum absolute atomic E-state index is 12.3. The zero-order valence-corrected chi connectivity index (χ0v) is 12.9. The fourth-order valence-electron chi connectivity index (χ4n) is 2.74. The van der Waals surface area contributed by atoms with Gasteiger partial charge in [0, 0.05) is 16.6 Å². The molecule has 4 heteroatoms. The Morgan fingerprint density at radius 3 is 2.89 bits per heavy atom. The van der Waals surface area contributed by atoms with Crippen molar-refractivity contribution in [1.29, 1.82) is 0 Å². The normalized spacial score (nSPS) is 27.0. The van der Waals surface area contributed by atoms with Crippen LogP contribution in [0.4, 0.5) is 0 Å². The van der Waals surface area contributed by atoms with Gasteiger partial charge >= 0.3 is 0 Å². The van der Waals surface area contributed by atoms with Crippen LogP contribution in [0.25, 0.3) is 0 Å². The number of rotatable bonds is 3. The molecule has 0 saturated heterocycles. The summed E-state index contributed by atoms with van der Waals surface area (Å²) in [4.78, 5) is 12.3. The van der Waals surface area contributed by atoms with E-state index >= 15 is 0 Å². The van der Waals surface area contributed by atoms with Crippen LogP contribution in [0.15, 0.2) is 28.7 Å². The van der Waals surface area contributed by atoms with E-state index in [2.05, 4.69) is 21.2 Å². The van der Waals surface area contributed by atoms with Crippen molar-refractivity contribution in [2.24, 2.45) is 11.7 Å². The van der Waals surface area contributed by atoms with E-state index in [0.29, 0.717) is 6.54 Å². The van der Waals surface area contributed by atoms with Crippen LogP contribution in [-0.4, -0.2) is 11.4 Å². The molecule has 0 aromatic heterocycles. The topological polar surface area (TPSA) is 55.1 Å². The lowest BCUT2D eigenvalue weighted by Crippen LogP contribution is -2.52. The van der Waals surface area contributed by atoms with Crippen molar-refractivity contribution in [3.63, 3.8) is 0 Å². The van der Waals surface area contributed by atoms with Crippen molar-refractivity contribution in [1.82, 2.24) is 5.32 Å². The second kappa shape index (κ2) is 6.06. The van der Waals surface area contributed by atoms with Crippen LogP contribution < -0.4 is 11.1 Å². The smallest absolute Gasteiger partial charge is 0.225 e. The SMILES string of the molecule is CC1(N)CCCCC1C(=O)NCc1ccccc1Br. The maximum atomic E-state index is 12.3. The van der Waals surface area contributed by atoms with E-state index in [1.165, 1.54) is 0 Å². The number of carbonyl (C=O) groups is 1. The molecule has 3 nitrogen and oxygen atoms in total. The molecular formula is C15H21BrN2O. The van der Waals surface area contributed by atoms with Gasteiger partial charge in [0.2, 0.25) is 5.91 Å². The molecule has 2 atom stereocenters. The molecule has 1 aromatic rings. The molecule has 2 unspecified atom stereocenters. The Hall–Kier alpha value is -0.870. The van der Waals surface area contributed by atoms with Crippen LogP contribution >= 0.6 is 15.9 Å². The molecule has 0 radical (unpaired) electrons. The first-order chi connectivity index (χ1) is 9.00. The van der Waals surface area contributed by atoms with E-state index in [0.717, 1.165) is 35.7 Å². The number of halogens is 1. The molecule has 1 aromatic carbocycles. The summed E-state index contributed by atoms with van der Waals surface area (Å²) in [5.41, 5.74) is 6.98. The Morgan fingerprint density at radius 1 is 1.47 bits per heavy atom. The Labute approximate surface area is 123 Å². The number of hydrogen-bond acceptors (Lipinski definition) is 2. The fraction of sp³-hybridized carbons (Fsp3) is 0.533. The standard InChI is InChI=1S/C15H21BrN2O/c1-15(17)9-5-4-7-12(15)14(19)18-10-11-6-2-3-8-13(11)16/h2-3,6,8,12H,4-5,7,9-10,17H2,1H3,(H,18,19). The van der Waals surface area contributed by atoms with E-state index in [9.17, 15) is 4.79 Å². The molecule has 1 aliphatic rings. The lowest BCUT2D eigenvalue weighted by molar-refractivity contribution is -0.128. The van der Waals surface area contributed by atoms with Gasteiger partial charge in [0.15, 0.2) is 0 Å². The summed E-state index contributed by atoms with van der Waals surface area (Å²) in [6.45, 7) is 2.54. The Bertz CT molecular complexity index is 459. The number of carbonyl (C=O) groups excluding carboxylic acids is 1. The molecule has 0 bridgehead atoms. The highest BCUT2D eigenvalue weighted by atomic mass is 79.9. The van der Waals surface area contributed by atoms with Gasteiger partial charge in [-0.05, 0) is 31.4 Å². The van der Waals surface area contributed by atoms with E-state index in [1.807, 2.05) is 31.2 Å². The number of hydrogen-bond donors (Lipinski definition) is 2. The van der Waals surface area contributed by atoms with Gasteiger partial charge in [0.1, 0.15) is 0 Å². The number of benzene rings is 1. The summed E-state index contributed by atoms with van der Waals surface area (Å²) in [7, 11) is 0. The summed E-state index contributed by atoms with van der Waals surface area (Å²) in [5.74, 6) is 0.0178. The highest BCUT2D eigenvalue weighted by Gasteiger charge is 2.37. The minimum Gasteiger partial charge on any atom is -0.352 e. The van der Waals surface area contributed by atoms with Crippen LogP contribution in [0.3, 0.4) is 0 Å². The minimum atomic E-state index is -0.365. The molecule has 0 aliphatic heterocycles. The van der Waals surface area contributed by atoms with Crippen LogP contribution in [0.2, 0.25) is 0 Å². The average Bonchev–Trinajstić information content (AvgIpc) is 2.37. The summed E-state index contributed by atoms with van der Waals surface area (Å²) in [6.07, 6.45) is 4.05. The quantitative estimate of drug-likeness (QED) is 0.898. The van der Waals surface area contributed by atoms with E-state index in [4.69, 9.17) is 5.73 Å². The molecule has 19 heavy (non-hydrogen) atoms. The van der Waals surface area contributed by atoms with Crippen molar-refractivity contribution in [2.45, 2.75) is 44.7 Å². The summed E-state index contributed by atoms with van der Waals surface area (Å²) in [6, 6.07) is 7.93. The van der Waals surface area contributed by atoms with Crippen molar-refractivity contribution in [2.75, 3.05) is 0 Å². The lowest BCUT2D eigenvalue weighted by atomic mass is 9.74. The fourth-order valence-corrected chi connectivity index (χ4v) is 3.16. The molecule has 2 rings (SSSR count). The minimum absolute atomic E-state index is 0.0660. The van der Waals surface area contributed by atoms with Crippen molar-refractivity contribution < 1.29 is 4.79 Å². The molecule has 1 fully saturated rings. The maximum Gasteiger partial charge on any atom is 0.225 e. The van der Waals surface area contributed by atoms with Crippen LogP contribution in [0.1, 0.15) is 38.2 Å². The van der Waals surface area contributed by atoms with Crippen LogP contribution in [-0.2, 0) is 11.3 Å². The molecule has 0 heterocycles. The Balaban J connectivity index is 1.96. The van der Waals surface area contributed by atoms with Crippen molar-refractivity contribution in [3.05, 3.63) is 34.3 Å². The zero-order chi connectivity index (χ0) is 13.9. The van der Waals surface area contributed by atoms with Gasteiger partial charge < -0.3 is 11.1 Å². The first kappa shape index (κ1) is 14.5. The highest BCUT2D eigenvalue weighted by Crippen LogP contribution is 2.31. The van der Waals surface area contributed by atoms with Gasteiger partial charge in [-0.1, -0.05) is 47.0 Å². The molecule has 3 N–H and O–H groups in total. The molecular weight excluding hydrogens is 304 g/mol. The summed E-state index contributed by atoms with van der Waals surface area (Å²) >= 11 is 3.49. The van der Waals surface area contributed by atoms with Gasteiger partial charge in [-0.3, -0.25) is 4.79 Å². The van der Waals surface area contributed by atoms with Crippen molar-refractivity contribution in [3.8, 4) is 0 Å². The van der Waals surface area contributed by atoms with Gasteiger partial charge in [-0.2, -0.15) is 0 Å². The van der Waals surface area contributed by atoms with Gasteiger partial charge in [0.05, 0.1) is 5.92 Å². The Kier molecular flexibility index (Phi) is 4.63. The van der Waals surface area contributed by atoms with Crippen LogP contribution in [0.5, 0.6) is 0 Å².